The molecule has 6 heteroatoms. The van der Waals surface area contributed by atoms with Crippen LogP contribution in [0.25, 0.3) is 10.9 Å². The summed E-state index contributed by atoms with van der Waals surface area (Å²) in [5, 5.41) is 26.5. The fourth-order valence-electron chi connectivity index (χ4n) is 2.41. The molecule has 0 aliphatic heterocycles. The molecule has 0 radical (unpaired) electrons. The van der Waals surface area contributed by atoms with Crippen LogP contribution in [0, 0.1) is 0 Å². The molecule has 1 atom stereocenters. The molecular formula is C18H20N4O2. The van der Waals surface area contributed by atoms with Crippen molar-refractivity contribution >= 4 is 28.4 Å². The van der Waals surface area contributed by atoms with Crippen LogP contribution >= 0.6 is 0 Å². The van der Waals surface area contributed by atoms with Crippen LogP contribution in [0.5, 0.6) is 5.75 Å². The molecular weight excluding hydrogens is 304 g/mol. The Bertz CT molecular complexity index is 834. The normalized spacial score (nSPS) is 12.1. The van der Waals surface area contributed by atoms with Gasteiger partial charge in [-0.25, -0.2) is 4.98 Å². The van der Waals surface area contributed by atoms with Gasteiger partial charge in [-0.05, 0) is 30.7 Å². The van der Waals surface area contributed by atoms with E-state index in [9.17, 15) is 10.2 Å². The number of aromatic hydroxyl groups is 1. The summed E-state index contributed by atoms with van der Waals surface area (Å²) in [4.78, 5) is 9.01. The van der Waals surface area contributed by atoms with E-state index in [2.05, 4.69) is 20.6 Å². The minimum atomic E-state index is -0.0821. The fourth-order valence-corrected chi connectivity index (χ4v) is 2.41. The molecule has 0 aliphatic carbocycles. The number of para-hydroxylation sites is 3. The number of nitrogens with one attached hydrogen (secondary N) is 2. The lowest BCUT2D eigenvalue weighted by molar-refractivity contribution is 0.271. The average molecular weight is 324 g/mol. The lowest BCUT2D eigenvalue weighted by Crippen LogP contribution is -2.23. The predicted molar refractivity (Wildman–Crippen MR) is 95.7 cm³/mol. The minimum Gasteiger partial charge on any atom is -0.506 e. The Hall–Kier alpha value is -2.86. The van der Waals surface area contributed by atoms with Gasteiger partial charge in [-0.15, -0.1) is 0 Å². The van der Waals surface area contributed by atoms with Crippen molar-refractivity contribution < 1.29 is 10.2 Å². The summed E-state index contributed by atoms with van der Waals surface area (Å²) < 4.78 is 0. The van der Waals surface area contributed by atoms with Crippen molar-refractivity contribution in [2.45, 2.75) is 19.4 Å². The number of benzene rings is 2. The third-order valence-corrected chi connectivity index (χ3v) is 3.81. The van der Waals surface area contributed by atoms with Crippen molar-refractivity contribution in [3.8, 4) is 5.75 Å². The molecule has 1 aromatic heterocycles. The standard InChI is InChI=1S/C18H20N4O2/c1-2-12(11-23)19-17-13-7-3-4-8-14(13)20-18(22-17)21-15-9-5-6-10-16(15)24/h3-10,12,23-24H,2,11H2,1H3,(H2,19,20,21,22). The molecule has 0 saturated carbocycles. The van der Waals surface area contributed by atoms with Crippen molar-refractivity contribution in [1.82, 2.24) is 9.97 Å². The highest BCUT2D eigenvalue weighted by Crippen LogP contribution is 2.27. The Kier molecular flexibility index (Phi) is 4.77. The van der Waals surface area contributed by atoms with Crippen LogP contribution in [-0.4, -0.2) is 32.8 Å². The van der Waals surface area contributed by atoms with Crippen LogP contribution in [-0.2, 0) is 0 Å². The van der Waals surface area contributed by atoms with E-state index in [1.54, 1.807) is 18.2 Å². The van der Waals surface area contributed by atoms with Gasteiger partial charge in [0.1, 0.15) is 11.6 Å². The summed E-state index contributed by atoms with van der Waals surface area (Å²) in [5.41, 5.74) is 1.31. The Labute approximate surface area is 140 Å². The van der Waals surface area contributed by atoms with Crippen LogP contribution in [0.3, 0.4) is 0 Å². The van der Waals surface area contributed by atoms with Gasteiger partial charge in [-0.3, -0.25) is 0 Å². The second-order valence-electron chi connectivity index (χ2n) is 5.49. The Morgan fingerprint density at radius 2 is 1.79 bits per heavy atom. The van der Waals surface area contributed by atoms with Gasteiger partial charge >= 0.3 is 0 Å². The number of nitrogens with zero attached hydrogens (tertiary/aromatic N) is 2. The highest BCUT2D eigenvalue weighted by molar-refractivity contribution is 5.90. The van der Waals surface area contributed by atoms with Crippen LogP contribution in [0.4, 0.5) is 17.5 Å². The molecule has 0 bridgehead atoms. The number of fused-ring (bicyclic) bond motifs is 1. The minimum absolute atomic E-state index is 0.0249. The molecule has 0 aliphatic rings. The third-order valence-electron chi connectivity index (χ3n) is 3.81. The molecule has 6 nitrogen and oxygen atoms in total. The van der Waals surface area contributed by atoms with E-state index in [1.807, 2.05) is 37.3 Å². The number of aliphatic hydroxyl groups excluding tert-OH is 1. The summed E-state index contributed by atoms with van der Waals surface area (Å²) in [6.45, 7) is 2.02. The van der Waals surface area contributed by atoms with Crippen LogP contribution < -0.4 is 10.6 Å². The number of phenolic OH excluding ortho intramolecular Hbond substituents is 1. The van der Waals surface area contributed by atoms with E-state index in [1.165, 1.54) is 0 Å². The van der Waals surface area contributed by atoms with Crippen LogP contribution in [0.2, 0.25) is 0 Å². The van der Waals surface area contributed by atoms with Crippen LogP contribution in [0.1, 0.15) is 13.3 Å². The molecule has 0 spiro atoms. The summed E-state index contributed by atoms with van der Waals surface area (Å²) in [6.07, 6.45) is 0.775. The van der Waals surface area contributed by atoms with E-state index >= 15 is 0 Å². The SMILES string of the molecule is CCC(CO)Nc1nc(Nc2ccccc2O)nc2ccccc12. The maximum Gasteiger partial charge on any atom is 0.229 e. The molecule has 1 unspecified atom stereocenters. The Morgan fingerprint density at radius 3 is 2.54 bits per heavy atom. The highest BCUT2D eigenvalue weighted by atomic mass is 16.3. The largest absolute Gasteiger partial charge is 0.506 e. The number of phenols is 1. The lowest BCUT2D eigenvalue weighted by Gasteiger charge is -2.17. The van der Waals surface area contributed by atoms with Crippen molar-refractivity contribution in [1.29, 1.82) is 0 Å². The monoisotopic (exact) mass is 324 g/mol. The zero-order valence-electron chi connectivity index (χ0n) is 13.4. The molecule has 24 heavy (non-hydrogen) atoms. The number of hydrogen-bond donors (Lipinski definition) is 4. The molecule has 0 saturated heterocycles. The molecule has 0 fully saturated rings. The van der Waals surface area contributed by atoms with E-state index in [0.29, 0.717) is 17.5 Å². The van der Waals surface area contributed by atoms with Crippen molar-refractivity contribution in [3.63, 3.8) is 0 Å². The smallest absolute Gasteiger partial charge is 0.229 e. The zero-order chi connectivity index (χ0) is 16.9. The van der Waals surface area contributed by atoms with E-state index < -0.39 is 0 Å². The number of rotatable bonds is 6. The number of anilines is 3. The van der Waals surface area contributed by atoms with Gasteiger partial charge in [0.2, 0.25) is 5.95 Å². The van der Waals surface area contributed by atoms with Gasteiger partial charge < -0.3 is 20.8 Å². The molecule has 1 heterocycles. The van der Waals surface area contributed by atoms with Gasteiger partial charge in [-0.2, -0.15) is 4.98 Å². The summed E-state index contributed by atoms with van der Waals surface area (Å²) in [7, 11) is 0. The maximum atomic E-state index is 9.91. The molecule has 0 amide bonds. The van der Waals surface area contributed by atoms with Crippen LogP contribution in [0.15, 0.2) is 48.5 Å². The Morgan fingerprint density at radius 1 is 1.04 bits per heavy atom. The maximum absolute atomic E-state index is 9.91. The number of aromatic nitrogens is 2. The van der Waals surface area contributed by atoms with Gasteiger partial charge in [0, 0.05) is 5.39 Å². The van der Waals surface area contributed by atoms with Crippen molar-refractivity contribution in [2.75, 3.05) is 17.2 Å². The second-order valence-corrected chi connectivity index (χ2v) is 5.49. The van der Waals surface area contributed by atoms with Gasteiger partial charge in [-0.1, -0.05) is 31.2 Å². The summed E-state index contributed by atoms with van der Waals surface area (Å²) in [6, 6.07) is 14.5. The van der Waals surface area contributed by atoms with Gasteiger partial charge in [0.05, 0.1) is 23.9 Å². The Balaban J connectivity index is 2.01. The molecule has 2 aromatic carbocycles. The second kappa shape index (κ2) is 7.14. The molecule has 3 rings (SSSR count). The quantitative estimate of drug-likeness (QED) is 0.520. The topological polar surface area (TPSA) is 90.3 Å². The molecule has 124 valence electrons. The van der Waals surface area contributed by atoms with Gasteiger partial charge in [0.15, 0.2) is 0 Å². The third kappa shape index (κ3) is 3.38. The van der Waals surface area contributed by atoms with Crippen molar-refractivity contribution in [2.24, 2.45) is 0 Å². The first-order chi connectivity index (χ1) is 11.7. The van der Waals surface area contributed by atoms with Gasteiger partial charge in [0.25, 0.3) is 0 Å². The van der Waals surface area contributed by atoms with E-state index in [0.717, 1.165) is 17.3 Å². The first-order valence-electron chi connectivity index (χ1n) is 7.90. The fraction of sp³-hybridized carbons (Fsp3) is 0.222. The summed E-state index contributed by atoms with van der Waals surface area (Å²) >= 11 is 0. The highest BCUT2D eigenvalue weighted by Gasteiger charge is 2.12. The number of hydrogen-bond acceptors (Lipinski definition) is 6. The molecule has 4 N–H and O–H groups in total. The predicted octanol–water partition coefficient (Wildman–Crippen LogP) is 3.26. The van der Waals surface area contributed by atoms with E-state index in [-0.39, 0.29) is 18.4 Å². The van der Waals surface area contributed by atoms with E-state index in [4.69, 9.17) is 0 Å². The molecule has 3 aromatic rings. The number of aliphatic hydroxyl groups is 1. The average Bonchev–Trinajstić information content (AvgIpc) is 2.61. The first kappa shape index (κ1) is 16.0. The summed E-state index contributed by atoms with van der Waals surface area (Å²) in [5.74, 6) is 1.16. The lowest BCUT2D eigenvalue weighted by atomic mass is 10.2. The first-order valence-corrected chi connectivity index (χ1v) is 7.90. The zero-order valence-corrected chi connectivity index (χ0v) is 13.4. The van der Waals surface area contributed by atoms with Crippen molar-refractivity contribution in [3.05, 3.63) is 48.5 Å².